The van der Waals surface area contributed by atoms with Crippen LogP contribution in [0.5, 0.6) is 0 Å². The first-order chi connectivity index (χ1) is 7.72. The Balaban J connectivity index is 2.47. The number of rotatable bonds is 2. The summed E-state index contributed by atoms with van der Waals surface area (Å²) in [5.41, 5.74) is -1.06. The molecule has 2 amide bonds. The first kappa shape index (κ1) is 14.3. The lowest BCUT2D eigenvalue weighted by Crippen LogP contribution is -2.53. The first-order valence-corrected chi connectivity index (χ1v) is 6.05. The minimum atomic E-state index is -0.803. The second kappa shape index (κ2) is 5.23. The Kier molecular flexibility index (Phi) is 4.38. The number of hydrogen-bond acceptors (Lipinski definition) is 3. The molecule has 1 aliphatic rings. The minimum absolute atomic E-state index is 0.155. The summed E-state index contributed by atoms with van der Waals surface area (Å²) in [5.74, 6) is 0. The Morgan fingerprint density at radius 3 is 2.41 bits per heavy atom. The maximum atomic E-state index is 11.8. The largest absolute Gasteiger partial charge is 0.388 e. The zero-order chi connectivity index (χ0) is 13.1. The van der Waals surface area contributed by atoms with E-state index in [2.05, 4.69) is 5.32 Å². The molecule has 0 radical (unpaired) electrons. The van der Waals surface area contributed by atoms with Gasteiger partial charge < -0.3 is 20.1 Å². The number of likely N-dealkylation sites (N-methyl/N-ethyl adjacent to an activating group) is 1. The summed E-state index contributed by atoms with van der Waals surface area (Å²) in [7, 11) is 1.70. The number of aliphatic hydroxyl groups is 1. The van der Waals surface area contributed by atoms with E-state index in [1.165, 1.54) is 4.90 Å². The van der Waals surface area contributed by atoms with Crippen molar-refractivity contribution >= 4 is 6.03 Å². The number of hydrogen-bond donors (Lipinski definition) is 2. The zero-order valence-corrected chi connectivity index (χ0v) is 11.2. The summed E-state index contributed by atoms with van der Waals surface area (Å²) in [6.45, 7) is 7.26. The van der Waals surface area contributed by atoms with Crippen molar-refractivity contribution in [3.63, 3.8) is 0 Å². The maximum Gasteiger partial charge on any atom is 0.317 e. The Morgan fingerprint density at radius 2 is 1.94 bits per heavy atom. The van der Waals surface area contributed by atoms with Gasteiger partial charge in [0.1, 0.15) is 0 Å². The van der Waals surface area contributed by atoms with Crippen molar-refractivity contribution in [1.82, 2.24) is 10.2 Å². The Labute approximate surface area is 103 Å². The number of amides is 2. The average molecular weight is 244 g/mol. The number of nitrogens with zero attached hydrogens (tertiary/aromatic N) is 1. The van der Waals surface area contributed by atoms with Crippen LogP contribution < -0.4 is 5.32 Å². The van der Waals surface area contributed by atoms with Crippen molar-refractivity contribution in [1.29, 1.82) is 0 Å². The molecule has 17 heavy (non-hydrogen) atoms. The highest BCUT2D eigenvalue weighted by molar-refractivity contribution is 5.74. The SMILES string of the molecule is CN(CC1(O)CCOCC1)C(=O)NC(C)(C)C. The number of carbonyl (C=O) groups excluding carboxylic acids is 1. The molecule has 100 valence electrons. The molecular formula is C12H24N2O3. The highest BCUT2D eigenvalue weighted by atomic mass is 16.5. The van der Waals surface area contributed by atoms with Gasteiger partial charge in [-0.05, 0) is 20.8 Å². The first-order valence-electron chi connectivity index (χ1n) is 6.05. The van der Waals surface area contributed by atoms with Crippen molar-refractivity contribution in [2.24, 2.45) is 0 Å². The lowest BCUT2D eigenvalue weighted by Gasteiger charge is -2.36. The number of carbonyl (C=O) groups is 1. The van der Waals surface area contributed by atoms with E-state index >= 15 is 0 Å². The van der Waals surface area contributed by atoms with Gasteiger partial charge in [0, 0.05) is 38.6 Å². The van der Waals surface area contributed by atoms with Crippen LogP contribution in [0.2, 0.25) is 0 Å². The molecule has 0 spiro atoms. The number of nitrogens with one attached hydrogen (secondary N) is 1. The molecule has 0 aromatic carbocycles. The molecule has 1 saturated heterocycles. The molecule has 0 bridgehead atoms. The number of ether oxygens (including phenoxy) is 1. The monoisotopic (exact) mass is 244 g/mol. The van der Waals surface area contributed by atoms with Crippen LogP contribution in [0.4, 0.5) is 4.79 Å². The van der Waals surface area contributed by atoms with Crippen molar-refractivity contribution in [3.05, 3.63) is 0 Å². The molecule has 1 aliphatic heterocycles. The van der Waals surface area contributed by atoms with Crippen molar-refractivity contribution in [2.45, 2.75) is 44.8 Å². The highest BCUT2D eigenvalue weighted by Crippen LogP contribution is 2.21. The van der Waals surface area contributed by atoms with E-state index in [9.17, 15) is 9.90 Å². The van der Waals surface area contributed by atoms with Gasteiger partial charge in [-0.15, -0.1) is 0 Å². The molecule has 0 unspecified atom stereocenters. The zero-order valence-electron chi connectivity index (χ0n) is 11.2. The second-order valence-corrected chi connectivity index (χ2v) is 5.87. The third-order valence-corrected chi connectivity index (χ3v) is 2.78. The third-order valence-electron chi connectivity index (χ3n) is 2.78. The second-order valence-electron chi connectivity index (χ2n) is 5.87. The standard InChI is InChI=1S/C12H24N2O3/c1-11(2,3)13-10(15)14(4)9-12(16)5-7-17-8-6-12/h16H,5-9H2,1-4H3,(H,13,15). The van der Waals surface area contributed by atoms with E-state index in [1.54, 1.807) is 7.05 Å². The van der Waals surface area contributed by atoms with E-state index in [1.807, 2.05) is 20.8 Å². The molecule has 0 atom stereocenters. The van der Waals surface area contributed by atoms with E-state index in [4.69, 9.17) is 4.74 Å². The predicted octanol–water partition coefficient (Wildman–Crippen LogP) is 0.968. The van der Waals surface area contributed by atoms with Crippen molar-refractivity contribution in [2.75, 3.05) is 26.8 Å². The van der Waals surface area contributed by atoms with Gasteiger partial charge in [0.25, 0.3) is 0 Å². The predicted molar refractivity (Wildman–Crippen MR) is 65.9 cm³/mol. The highest BCUT2D eigenvalue weighted by Gasteiger charge is 2.32. The molecule has 0 aromatic rings. The van der Waals surface area contributed by atoms with Crippen LogP contribution in [0, 0.1) is 0 Å². The summed E-state index contributed by atoms with van der Waals surface area (Å²) in [4.78, 5) is 13.4. The van der Waals surface area contributed by atoms with E-state index < -0.39 is 5.60 Å². The molecular weight excluding hydrogens is 220 g/mol. The fourth-order valence-corrected chi connectivity index (χ4v) is 1.84. The number of urea groups is 1. The topological polar surface area (TPSA) is 61.8 Å². The third kappa shape index (κ3) is 4.91. The minimum Gasteiger partial charge on any atom is -0.388 e. The van der Waals surface area contributed by atoms with E-state index in [0.29, 0.717) is 32.6 Å². The summed E-state index contributed by atoms with van der Waals surface area (Å²) in [6, 6.07) is -0.155. The molecule has 1 fully saturated rings. The van der Waals surface area contributed by atoms with Crippen molar-refractivity contribution in [3.8, 4) is 0 Å². The van der Waals surface area contributed by atoms with Gasteiger partial charge in [0.15, 0.2) is 0 Å². The molecule has 1 heterocycles. The molecule has 0 aromatic heterocycles. The molecule has 5 heteroatoms. The van der Waals surface area contributed by atoms with Crippen LogP contribution in [0.15, 0.2) is 0 Å². The van der Waals surface area contributed by atoms with Gasteiger partial charge in [-0.1, -0.05) is 0 Å². The van der Waals surface area contributed by atoms with Gasteiger partial charge >= 0.3 is 6.03 Å². The van der Waals surface area contributed by atoms with Crippen LogP contribution >= 0.6 is 0 Å². The molecule has 1 rings (SSSR count). The van der Waals surface area contributed by atoms with Gasteiger partial charge in [0.05, 0.1) is 12.1 Å². The molecule has 0 aliphatic carbocycles. The maximum absolute atomic E-state index is 11.8. The fourth-order valence-electron chi connectivity index (χ4n) is 1.84. The van der Waals surface area contributed by atoms with Gasteiger partial charge in [0.2, 0.25) is 0 Å². The lowest BCUT2D eigenvalue weighted by molar-refractivity contribution is -0.0724. The lowest BCUT2D eigenvalue weighted by atomic mass is 9.94. The van der Waals surface area contributed by atoms with Gasteiger partial charge in [-0.2, -0.15) is 0 Å². The smallest absolute Gasteiger partial charge is 0.317 e. The Hall–Kier alpha value is -0.810. The van der Waals surface area contributed by atoms with Crippen LogP contribution in [0.25, 0.3) is 0 Å². The van der Waals surface area contributed by atoms with E-state index in [-0.39, 0.29) is 11.6 Å². The van der Waals surface area contributed by atoms with Gasteiger partial charge in [-0.25, -0.2) is 4.79 Å². The van der Waals surface area contributed by atoms with Crippen LogP contribution in [0.3, 0.4) is 0 Å². The quantitative estimate of drug-likeness (QED) is 0.761. The fraction of sp³-hybridized carbons (Fsp3) is 0.917. The summed E-state index contributed by atoms with van der Waals surface area (Å²) < 4.78 is 5.21. The summed E-state index contributed by atoms with van der Waals surface area (Å²) >= 11 is 0. The van der Waals surface area contributed by atoms with Crippen LogP contribution in [0.1, 0.15) is 33.6 Å². The normalized spacial score (nSPS) is 19.8. The summed E-state index contributed by atoms with van der Waals surface area (Å²) in [5, 5.41) is 13.2. The molecule has 0 saturated carbocycles. The van der Waals surface area contributed by atoms with Crippen LogP contribution in [-0.4, -0.2) is 54.0 Å². The Morgan fingerprint density at radius 1 is 1.41 bits per heavy atom. The Bertz CT molecular complexity index is 267. The van der Waals surface area contributed by atoms with Gasteiger partial charge in [-0.3, -0.25) is 0 Å². The van der Waals surface area contributed by atoms with Crippen molar-refractivity contribution < 1.29 is 14.6 Å². The average Bonchev–Trinajstić information content (AvgIpc) is 2.15. The van der Waals surface area contributed by atoms with E-state index in [0.717, 1.165) is 0 Å². The van der Waals surface area contributed by atoms with Crippen LogP contribution in [-0.2, 0) is 4.74 Å². The molecule has 2 N–H and O–H groups in total. The molecule has 5 nitrogen and oxygen atoms in total. The summed E-state index contributed by atoms with van der Waals surface area (Å²) in [6.07, 6.45) is 1.17.